The third-order valence-corrected chi connectivity index (χ3v) is 5.84. The summed E-state index contributed by atoms with van der Waals surface area (Å²) < 4.78 is 0. The molecule has 0 radical (unpaired) electrons. The summed E-state index contributed by atoms with van der Waals surface area (Å²) in [5.74, 6) is 1.04. The van der Waals surface area contributed by atoms with Gasteiger partial charge >= 0.3 is 0 Å². The Morgan fingerprint density at radius 2 is 1.12 bits per heavy atom. The fraction of sp³-hybridized carbons (Fsp3) is 0.727. The second kappa shape index (κ2) is 9.94. The van der Waals surface area contributed by atoms with Crippen LogP contribution in [0.25, 0.3) is 0 Å². The molecule has 0 aromatic heterocycles. The SMILES string of the molecule is CCCCC(CC)CN1C=C2C(=O)N(CC(CC)CCCC)C=C2C1=O. The molecular weight excluding hydrogens is 324 g/mol. The van der Waals surface area contributed by atoms with Crippen molar-refractivity contribution in [1.82, 2.24) is 9.80 Å². The van der Waals surface area contributed by atoms with E-state index in [0.717, 1.165) is 38.8 Å². The van der Waals surface area contributed by atoms with Crippen LogP contribution in [0, 0.1) is 11.8 Å². The van der Waals surface area contributed by atoms with E-state index in [9.17, 15) is 9.59 Å². The minimum Gasteiger partial charge on any atom is -0.314 e. The summed E-state index contributed by atoms with van der Waals surface area (Å²) in [6, 6.07) is 0. The van der Waals surface area contributed by atoms with Gasteiger partial charge in [-0.3, -0.25) is 9.59 Å². The van der Waals surface area contributed by atoms with Crippen LogP contribution in [0.4, 0.5) is 0 Å². The molecule has 0 N–H and O–H groups in total. The van der Waals surface area contributed by atoms with Crippen molar-refractivity contribution in [3.05, 3.63) is 23.5 Å². The highest BCUT2D eigenvalue weighted by Crippen LogP contribution is 2.32. The number of hydrogen-bond acceptors (Lipinski definition) is 2. The third-order valence-electron chi connectivity index (χ3n) is 5.84. The van der Waals surface area contributed by atoms with E-state index in [0.29, 0.717) is 23.0 Å². The van der Waals surface area contributed by atoms with Gasteiger partial charge < -0.3 is 9.80 Å². The van der Waals surface area contributed by atoms with Gasteiger partial charge in [-0.25, -0.2) is 0 Å². The van der Waals surface area contributed by atoms with Crippen molar-refractivity contribution in [2.75, 3.05) is 13.1 Å². The van der Waals surface area contributed by atoms with Crippen LogP contribution in [0.1, 0.15) is 79.1 Å². The molecule has 4 heteroatoms. The van der Waals surface area contributed by atoms with Gasteiger partial charge in [-0.2, -0.15) is 0 Å². The van der Waals surface area contributed by atoms with E-state index in [1.54, 1.807) is 22.2 Å². The van der Waals surface area contributed by atoms with Crippen molar-refractivity contribution in [2.45, 2.75) is 79.1 Å². The van der Waals surface area contributed by atoms with E-state index in [1.165, 1.54) is 25.7 Å². The maximum absolute atomic E-state index is 12.8. The van der Waals surface area contributed by atoms with Crippen LogP contribution in [-0.2, 0) is 9.59 Å². The number of nitrogens with zero attached hydrogens (tertiary/aromatic N) is 2. The van der Waals surface area contributed by atoms with Crippen molar-refractivity contribution in [1.29, 1.82) is 0 Å². The Labute approximate surface area is 159 Å². The van der Waals surface area contributed by atoms with Crippen LogP contribution in [0.15, 0.2) is 23.5 Å². The predicted molar refractivity (Wildman–Crippen MR) is 106 cm³/mol. The maximum atomic E-state index is 12.8. The monoisotopic (exact) mass is 360 g/mol. The summed E-state index contributed by atoms with van der Waals surface area (Å²) in [6.45, 7) is 10.2. The van der Waals surface area contributed by atoms with Gasteiger partial charge in [0.2, 0.25) is 0 Å². The first kappa shape index (κ1) is 20.7. The highest BCUT2D eigenvalue weighted by atomic mass is 16.2. The van der Waals surface area contributed by atoms with Crippen molar-refractivity contribution < 1.29 is 9.59 Å². The molecule has 26 heavy (non-hydrogen) atoms. The average molecular weight is 361 g/mol. The molecule has 2 amide bonds. The normalized spacial score (nSPS) is 18.9. The van der Waals surface area contributed by atoms with Gasteiger partial charge in [0, 0.05) is 25.5 Å². The highest BCUT2D eigenvalue weighted by molar-refractivity contribution is 6.17. The molecule has 2 unspecified atom stereocenters. The first-order chi connectivity index (χ1) is 12.5. The van der Waals surface area contributed by atoms with Crippen LogP contribution < -0.4 is 0 Å². The fourth-order valence-corrected chi connectivity index (χ4v) is 3.88. The Balaban J connectivity index is 2.00. The van der Waals surface area contributed by atoms with Gasteiger partial charge in [-0.15, -0.1) is 0 Å². The third kappa shape index (κ3) is 4.77. The molecule has 0 saturated carbocycles. The summed E-state index contributed by atoms with van der Waals surface area (Å²) in [6.07, 6.45) is 12.8. The van der Waals surface area contributed by atoms with E-state index in [4.69, 9.17) is 0 Å². The van der Waals surface area contributed by atoms with Crippen molar-refractivity contribution in [2.24, 2.45) is 11.8 Å². The van der Waals surface area contributed by atoms with Gasteiger partial charge in [0.05, 0.1) is 11.1 Å². The molecule has 0 fully saturated rings. The Morgan fingerprint density at radius 1 is 0.731 bits per heavy atom. The second-order valence-electron chi connectivity index (χ2n) is 7.83. The van der Waals surface area contributed by atoms with E-state index in [-0.39, 0.29) is 11.8 Å². The number of unbranched alkanes of at least 4 members (excludes halogenated alkanes) is 2. The largest absolute Gasteiger partial charge is 0.314 e. The number of carbonyl (C=O) groups is 2. The predicted octanol–water partition coefficient (Wildman–Crippen LogP) is 4.87. The average Bonchev–Trinajstić information content (AvgIpc) is 3.12. The van der Waals surface area contributed by atoms with Crippen LogP contribution in [-0.4, -0.2) is 34.7 Å². The summed E-state index contributed by atoms with van der Waals surface area (Å²) in [5.41, 5.74) is 1.20. The molecule has 0 aromatic rings. The molecule has 0 spiro atoms. The fourth-order valence-electron chi connectivity index (χ4n) is 3.88. The molecule has 0 saturated heterocycles. The number of amides is 2. The lowest BCUT2D eigenvalue weighted by Gasteiger charge is -2.23. The molecule has 4 nitrogen and oxygen atoms in total. The summed E-state index contributed by atoms with van der Waals surface area (Å²) >= 11 is 0. The second-order valence-corrected chi connectivity index (χ2v) is 7.83. The minimum atomic E-state index is 0.00686. The van der Waals surface area contributed by atoms with Gasteiger partial charge in [0.1, 0.15) is 0 Å². The lowest BCUT2D eigenvalue weighted by atomic mass is 9.99. The first-order valence-electron chi connectivity index (χ1n) is 10.6. The Kier molecular flexibility index (Phi) is 7.92. The molecule has 2 rings (SSSR count). The molecule has 2 atom stereocenters. The molecule has 2 aliphatic heterocycles. The van der Waals surface area contributed by atoms with Gasteiger partial charge in [-0.1, -0.05) is 66.2 Å². The standard InChI is InChI=1S/C22H36N2O2/c1-5-9-11-17(7-3)13-23-15-19-20(21(23)25)16-24(22(19)26)14-18(8-4)12-10-6-2/h15-18H,5-14H2,1-4H3. The van der Waals surface area contributed by atoms with Crippen molar-refractivity contribution in [3.8, 4) is 0 Å². The first-order valence-corrected chi connectivity index (χ1v) is 10.6. The van der Waals surface area contributed by atoms with Crippen LogP contribution in [0.3, 0.4) is 0 Å². The number of hydrogen-bond donors (Lipinski definition) is 0. The van der Waals surface area contributed by atoms with Gasteiger partial charge in [0.15, 0.2) is 0 Å². The van der Waals surface area contributed by atoms with Crippen LogP contribution in [0.2, 0.25) is 0 Å². The zero-order valence-electron chi connectivity index (χ0n) is 17.1. The topological polar surface area (TPSA) is 40.6 Å². The zero-order chi connectivity index (χ0) is 19.1. The molecule has 0 aliphatic carbocycles. The summed E-state index contributed by atoms with van der Waals surface area (Å²) in [7, 11) is 0. The lowest BCUT2D eigenvalue weighted by molar-refractivity contribution is -0.124. The van der Waals surface area contributed by atoms with E-state index in [2.05, 4.69) is 27.7 Å². The molecule has 0 bridgehead atoms. The van der Waals surface area contributed by atoms with E-state index >= 15 is 0 Å². The molecular formula is C22H36N2O2. The molecule has 146 valence electrons. The van der Waals surface area contributed by atoms with Crippen LogP contribution in [0.5, 0.6) is 0 Å². The molecule has 2 aliphatic rings. The smallest absolute Gasteiger partial charge is 0.260 e. The van der Waals surface area contributed by atoms with Crippen molar-refractivity contribution in [3.63, 3.8) is 0 Å². The van der Waals surface area contributed by atoms with Gasteiger partial charge in [0.25, 0.3) is 11.8 Å². The summed E-state index contributed by atoms with van der Waals surface area (Å²) in [5, 5.41) is 0. The van der Waals surface area contributed by atoms with Gasteiger partial charge in [-0.05, 0) is 24.7 Å². The van der Waals surface area contributed by atoms with Crippen LogP contribution >= 0.6 is 0 Å². The molecule has 0 aromatic carbocycles. The Hall–Kier alpha value is -1.58. The summed E-state index contributed by atoms with van der Waals surface area (Å²) in [4.78, 5) is 29.1. The van der Waals surface area contributed by atoms with Crippen molar-refractivity contribution >= 4 is 11.8 Å². The quantitative estimate of drug-likeness (QED) is 0.498. The molecule has 2 heterocycles. The lowest BCUT2D eigenvalue weighted by Crippen LogP contribution is -2.30. The minimum absolute atomic E-state index is 0.00686. The number of fused-ring (bicyclic) bond motifs is 1. The Bertz CT molecular complexity index is 514. The van der Waals surface area contributed by atoms with E-state index in [1.807, 2.05) is 0 Å². The highest BCUT2D eigenvalue weighted by Gasteiger charge is 2.39. The zero-order valence-corrected chi connectivity index (χ0v) is 17.1. The maximum Gasteiger partial charge on any atom is 0.260 e. The Morgan fingerprint density at radius 3 is 1.42 bits per heavy atom. The number of rotatable bonds is 12. The number of carbonyl (C=O) groups excluding carboxylic acids is 2. The van der Waals surface area contributed by atoms with E-state index < -0.39 is 0 Å².